The summed E-state index contributed by atoms with van der Waals surface area (Å²) in [4.78, 5) is 14.5. The summed E-state index contributed by atoms with van der Waals surface area (Å²) in [5.74, 6) is 0.310. The van der Waals surface area contributed by atoms with Gasteiger partial charge in [-0.1, -0.05) is 13.8 Å². The van der Waals surface area contributed by atoms with Crippen molar-refractivity contribution in [3.05, 3.63) is 40.6 Å². The molecule has 6 heteroatoms. The van der Waals surface area contributed by atoms with Gasteiger partial charge in [-0.2, -0.15) is 10.2 Å². The van der Waals surface area contributed by atoms with Crippen molar-refractivity contribution in [3.8, 4) is 11.3 Å². The third kappa shape index (κ3) is 1.95. The molecular weight excluding hydrogens is 242 g/mol. The molecule has 0 bridgehead atoms. The highest BCUT2D eigenvalue weighted by Crippen LogP contribution is 2.20. The summed E-state index contributed by atoms with van der Waals surface area (Å²) < 4.78 is 3.46. The fourth-order valence-corrected chi connectivity index (χ4v) is 2.06. The minimum absolute atomic E-state index is 0.137. The Hall–Kier alpha value is -2.37. The minimum atomic E-state index is -0.137. The molecule has 0 aliphatic carbocycles. The second kappa shape index (κ2) is 4.08. The SMILES string of the molecule is CC(C)c1cc2[nH]c(=O)cc(-c3cnn(C)c3)n2n1. The van der Waals surface area contributed by atoms with Gasteiger partial charge in [0, 0.05) is 30.9 Å². The molecule has 3 heterocycles. The van der Waals surface area contributed by atoms with Gasteiger partial charge >= 0.3 is 0 Å². The van der Waals surface area contributed by atoms with E-state index >= 15 is 0 Å². The number of aromatic nitrogens is 5. The molecule has 0 fully saturated rings. The molecule has 19 heavy (non-hydrogen) atoms. The highest BCUT2D eigenvalue weighted by molar-refractivity contribution is 5.61. The predicted octanol–water partition coefficient (Wildman–Crippen LogP) is 1.55. The molecule has 0 radical (unpaired) electrons. The van der Waals surface area contributed by atoms with Crippen molar-refractivity contribution < 1.29 is 0 Å². The molecule has 98 valence electrons. The summed E-state index contributed by atoms with van der Waals surface area (Å²) in [5, 5.41) is 8.68. The van der Waals surface area contributed by atoms with Crippen LogP contribution in [0.3, 0.4) is 0 Å². The highest BCUT2D eigenvalue weighted by Gasteiger charge is 2.12. The molecule has 0 aliphatic rings. The number of hydrogen-bond donors (Lipinski definition) is 1. The molecule has 0 atom stereocenters. The first-order valence-corrected chi connectivity index (χ1v) is 6.16. The van der Waals surface area contributed by atoms with Crippen LogP contribution in [0, 0.1) is 0 Å². The third-order valence-corrected chi connectivity index (χ3v) is 3.07. The highest BCUT2D eigenvalue weighted by atomic mass is 16.1. The Morgan fingerprint density at radius 3 is 2.74 bits per heavy atom. The van der Waals surface area contributed by atoms with Crippen LogP contribution in [0.15, 0.2) is 29.3 Å². The van der Waals surface area contributed by atoms with E-state index in [-0.39, 0.29) is 5.56 Å². The maximum Gasteiger partial charge on any atom is 0.251 e. The minimum Gasteiger partial charge on any atom is -0.307 e. The first-order chi connectivity index (χ1) is 9.04. The monoisotopic (exact) mass is 257 g/mol. The lowest BCUT2D eigenvalue weighted by Gasteiger charge is -2.01. The van der Waals surface area contributed by atoms with Crippen molar-refractivity contribution in [2.75, 3.05) is 0 Å². The third-order valence-electron chi connectivity index (χ3n) is 3.07. The summed E-state index contributed by atoms with van der Waals surface area (Å²) in [6, 6.07) is 3.45. The molecule has 3 aromatic rings. The van der Waals surface area contributed by atoms with Crippen molar-refractivity contribution in [3.63, 3.8) is 0 Å². The van der Waals surface area contributed by atoms with Gasteiger partial charge in [-0.25, -0.2) is 4.52 Å². The zero-order valence-corrected chi connectivity index (χ0v) is 11.1. The van der Waals surface area contributed by atoms with Crippen molar-refractivity contribution in [1.82, 2.24) is 24.4 Å². The van der Waals surface area contributed by atoms with Crippen LogP contribution in [0.4, 0.5) is 0 Å². The molecule has 0 unspecified atom stereocenters. The van der Waals surface area contributed by atoms with Gasteiger partial charge in [0.15, 0.2) is 0 Å². The maximum atomic E-state index is 11.7. The van der Waals surface area contributed by atoms with E-state index < -0.39 is 0 Å². The van der Waals surface area contributed by atoms with Crippen molar-refractivity contribution in [1.29, 1.82) is 0 Å². The van der Waals surface area contributed by atoms with Crippen molar-refractivity contribution in [2.45, 2.75) is 19.8 Å². The molecule has 1 N–H and O–H groups in total. The fourth-order valence-electron chi connectivity index (χ4n) is 2.06. The van der Waals surface area contributed by atoms with Gasteiger partial charge in [0.25, 0.3) is 5.56 Å². The molecule has 0 aliphatic heterocycles. The van der Waals surface area contributed by atoms with Crippen molar-refractivity contribution >= 4 is 5.65 Å². The zero-order chi connectivity index (χ0) is 13.6. The Bertz CT molecular complexity index is 793. The number of aromatic amines is 1. The van der Waals surface area contributed by atoms with Crippen LogP contribution in [0.2, 0.25) is 0 Å². The smallest absolute Gasteiger partial charge is 0.251 e. The Balaban J connectivity index is 2.31. The van der Waals surface area contributed by atoms with Gasteiger partial charge in [0.1, 0.15) is 5.65 Å². The number of nitrogens with zero attached hydrogens (tertiary/aromatic N) is 4. The van der Waals surface area contributed by atoms with E-state index in [0.717, 1.165) is 17.0 Å². The number of fused-ring (bicyclic) bond motifs is 1. The lowest BCUT2D eigenvalue weighted by molar-refractivity contribution is 0.767. The Kier molecular flexibility index (Phi) is 2.51. The summed E-state index contributed by atoms with van der Waals surface area (Å²) in [6.07, 6.45) is 3.59. The van der Waals surface area contributed by atoms with Crippen LogP contribution in [0.25, 0.3) is 16.9 Å². The van der Waals surface area contributed by atoms with Crippen LogP contribution < -0.4 is 5.56 Å². The zero-order valence-electron chi connectivity index (χ0n) is 11.1. The largest absolute Gasteiger partial charge is 0.307 e. The van der Waals surface area contributed by atoms with Gasteiger partial charge in [-0.05, 0) is 5.92 Å². The second-order valence-electron chi connectivity index (χ2n) is 4.94. The van der Waals surface area contributed by atoms with Gasteiger partial charge in [0.2, 0.25) is 0 Å². The number of nitrogens with one attached hydrogen (secondary N) is 1. The lowest BCUT2D eigenvalue weighted by Crippen LogP contribution is -2.09. The summed E-state index contributed by atoms with van der Waals surface area (Å²) in [7, 11) is 1.84. The lowest BCUT2D eigenvalue weighted by atomic mass is 10.1. The average Bonchev–Trinajstić information content (AvgIpc) is 2.93. The van der Waals surface area contributed by atoms with E-state index in [2.05, 4.69) is 29.0 Å². The molecule has 3 rings (SSSR count). The molecule has 3 aromatic heterocycles. The standard InChI is InChI=1S/C13H15N5O/c1-8(2)10-4-12-15-13(19)5-11(18(12)16-10)9-6-14-17(3)7-9/h4-8H,1-3H3,(H,15,19). The van der Waals surface area contributed by atoms with Crippen molar-refractivity contribution in [2.24, 2.45) is 7.05 Å². The van der Waals surface area contributed by atoms with E-state index in [4.69, 9.17) is 0 Å². The van der Waals surface area contributed by atoms with Gasteiger partial charge < -0.3 is 4.98 Å². The average molecular weight is 257 g/mol. The Morgan fingerprint density at radius 2 is 2.11 bits per heavy atom. The number of aryl methyl sites for hydroxylation is 1. The molecular formula is C13H15N5O. The summed E-state index contributed by atoms with van der Waals surface area (Å²) >= 11 is 0. The van der Waals surface area contributed by atoms with E-state index in [1.54, 1.807) is 21.5 Å². The van der Waals surface area contributed by atoms with E-state index in [1.807, 2.05) is 19.3 Å². The van der Waals surface area contributed by atoms with Gasteiger partial charge in [-0.15, -0.1) is 0 Å². The Morgan fingerprint density at radius 1 is 1.32 bits per heavy atom. The molecule has 0 spiro atoms. The maximum absolute atomic E-state index is 11.7. The topological polar surface area (TPSA) is 68.0 Å². The normalized spacial score (nSPS) is 11.6. The number of H-pyrrole nitrogens is 1. The van der Waals surface area contributed by atoms with E-state index in [1.165, 1.54) is 0 Å². The van der Waals surface area contributed by atoms with E-state index in [0.29, 0.717) is 11.6 Å². The number of hydrogen-bond acceptors (Lipinski definition) is 3. The van der Waals surface area contributed by atoms with Crippen LogP contribution >= 0.6 is 0 Å². The molecule has 6 nitrogen and oxygen atoms in total. The number of rotatable bonds is 2. The molecule has 0 aromatic carbocycles. The quantitative estimate of drug-likeness (QED) is 0.757. The van der Waals surface area contributed by atoms with Crippen LogP contribution in [-0.2, 0) is 7.05 Å². The van der Waals surface area contributed by atoms with Gasteiger partial charge in [-0.3, -0.25) is 9.48 Å². The first-order valence-electron chi connectivity index (χ1n) is 6.16. The molecule has 0 amide bonds. The summed E-state index contributed by atoms with van der Waals surface area (Å²) in [6.45, 7) is 4.15. The summed E-state index contributed by atoms with van der Waals surface area (Å²) in [5.41, 5.74) is 3.14. The van der Waals surface area contributed by atoms with Crippen LogP contribution in [0.5, 0.6) is 0 Å². The van der Waals surface area contributed by atoms with Crippen LogP contribution in [0.1, 0.15) is 25.5 Å². The van der Waals surface area contributed by atoms with Crippen LogP contribution in [-0.4, -0.2) is 24.4 Å². The molecule has 0 saturated heterocycles. The second-order valence-corrected chi connectivity index (χ2v) is 4.94. The molecule has 0 saturated carbocycles. The van der Waals surface area contributed by atoms with Gasteiger partial charge in [0.05, 0.1) is 17.6 Å². The first kappa shape index (κ1) is 11.7. The van der Waals surface area contributed by atoms with E-state index in [9.17, 15) is 4.79 Å². The Labute approximate surface area is 109 Å². The predicted molar refractivity (Wildman–Crippen MR) is 72.1 cm³/mol. The fraction of sp³-hybridized carbons (Fsp3) is 0.308.